The largest absolute Gasteiger partial charge is 0.497 e. The fraction of sp³-hybridized carbons (Fsp3) is 0.364. The molecule has 16 heavy (non-hydrogen) atoms. The Morgan fingerprint density at radius 2 is 1.88 bits per heavy atom. The molecule has 0 saturated heterocycles. The molecule has 0 aliphatic carbocycles. The van der Waals surface area contributed by atoms with Gasteiger partial charge in [0.15, 0.2) is 0 Å². The third-order valence-electron chi connectivity index (χ3n) is 2.43. The minimum absolute atomic E-state index is 0.0796. The molecule has 1 atom stereocenters. The summed E-state index contributed by atoms with van der Waals surface area (Å²) in [5.74, 6) is 1.46. The van der Waals surface area contributed by atoms with Gasteiger partial charge in [-0.2, -0.15) is 0 Å². The van der Waals surface area contributed by atoms with Gasteiger partial charge in [0.2, 0.25) is 0 Å². The van der Waals surface area contributed by atoms with Crippen molar-refractivity contribution in [2.45, 2.75) is 6.04 Å². The molecule has 1 aromatic carbocycles. The normalized spacial score (nSPS) is 18.9. The van der Waals surface area contributed by atoms with Gasteiger partial charge in [-0.3, -0.25) is 0 Å². The van der Waals surface area contributed by atoms with Crippen molar-refractivity contribution < 1.29 is 14.2 Å². The maximum Gasteiger partial charge on any atom is 0.282 e. The second kappa shape index (κ2) is 4.30. The summed E-state index contributed by atoms with van der Waals surface area (Å²) in [6.07, 6.45) is 0. The Morgan fingerprint density at radius 1 is 1.25 bits per heavy atom. The molecule has 1 aliphatic heterocycles. The summed E-state index contributed by atoms with van der Waals surface area (Å²) in [6, 6.07) is 5.76. The Morgan fingerprint density at radius 3 is 2.31 bits per heavy atom. The van der Waals surface area contributed by atoms with Crippen molar-refractivity contribution in [2.75, 3.05) is 20.8 Å². The van der Waals surface area contributed by atoms with Crippen molar-refractivity contribution in [3.8, 4) is 11.5 Å². The molecule has 86 valence electrons. The number of hydrogen-bond donors (Lipinski definition) is 1. The predicted octanol–water partition coefficient (Wildman–Crippen LogP) is 1.09. The molecule has 0 amide bonds. The Bertz CT molecular complexity index is 395. The zero-order valence-corrected chi connectivity index (χ0v) is 9.27. The highest BCUT2D eigenvalue weighted by Gasteiger charge is 2.20. The van der Waals surface area contributed by atoms with Crippen LogP contribution >= 0.6 is 0 Å². The lowest BCUT2D eigenvalue weighted by atomic mass is 10.1. The molecule has 0 fully saturated rings. The highest BCUT2D eigenvalue weighted by molar-refractivity contribution is 5.73. The number of ether oxygens (including phenoxy) is 3. The minimum Gasteiger partial charge on any atom is -0.497 e. The molecule has 0 aromatic heterocycles. The molecule has 1 aromatic rings. The molecule has 2 N–H and O–H groups in total. The number of hydrogen-bond acceptors (Lipinski definition) is 5. The van der Waals surface area contributed by atoms with Gasteiger partial charge in [0.25, 0.3) is 6.02 Å². The van der Waals surface area contributed by atoms with Gasteiger partial charge in [0.05, 0.1) is 14.2 Å². The predicted molar refractivity (Wildman–Crippen MR) is 59.9 cm³/mol. The number of methoxy groups -OCH3 is 2. The van der Waals surface area contributed by atoms with Gasteiger partial charge in [-0.05, 0) is 17.7 Å². The van der Waals surface area contributed by atoms with Gasteiger partial charge >= 0.3 is 0 Å². The molecular weight excluding hydrogens is 208 g/mol. The molecule has 1 aliphatic rings. The van der Waals surface area contributed by atoms with E-state index in [4.69, 9.17) is 19.9 Å². The fourth-order valence-corrected chi connectivity index (χ4v) is 1.59. The van der Waals surface area contributed by atoms with E-state index >= 15 is 0 Å². The van der Waals surface area contributed by atoms with Gasteiger partial charge in [-0.25, -0.2) is 4.99 Å². The Balaban J connectivity index is 2.33. The molecule has 1 unspecified atom stereocenters. The van der Waals surface area contributed by atoms with Crippen LogP contribution in [0.2, 0.25) is 0 Å². The molecule has 0 radical (unpaired) electrons. The maximum atomic E-state index is 5.47. The quantitative estimate of drug-likeness (QED) is 0.831. The van der Waals surface area contributed by atoms with Crippen molar-refractivity contribution in [1.82, 2.24) is 0 Å². The number of rotatable bonds is 3. The van der Waals surface area contributed by atoms with E-state index in [1.54, 1.807) is 14.2 Å². The van der Waals surface area contributed by atoms with E-state index in [2.05, 4.69) is 4.99 Å². The molecule has 1 heterocycles. The number of aliphatic imine (C=N–C) groups is 1. The lowest BCUT2D eigenvalue weighted by Crippen LogP contribution is -2.10. The Kier molecular flexibility index (Phi) is 2.85. The first kappa shape index (κ1) is 10.6. The van der Waals surface area contributed by atoms with Crippen molar-refractivity contribution in [3.05, 3.63) is 23.8 Å². The summed E-state index contributed by atoms with van der Waals surface area (Å²) in [5.41, 5.74) is 6.44. The smallest absolute Gasteiger partial charge is 0.282 e. The van der Waals surface area contributed by atoms with E-state index in [9.17, 15) is 0 Å². The van der Waals surface area contributed by atoms with E-state index < -0.39 is 0 Å². The first-order valence-corrected chi connectivity index (χ1v) is 4.92. The van der Waals surface area contributed by atoms with Gasteiger partial charge in [-0.15, -0.1) is 0 Å². The average molecular weight is 222 g/mol. The topological polar surface area (TPSA) is 66.1 Å². The standard InChI is InChI=1S/C11H14N2O3/c1-14-8-3-7(4-9(5-8)15-2)10-6-16-11(12)13-10/h3-5,10H,6H2,1-2H3,(H2,12,13). The lowest BCUT2D eigenvalue weighted by molar-refractivity contribution is 0.314. The maximum absolute atomic E-state index is 5.47. The zero-order valence-electron chi connectivity index (χ0n) is 9.27. The summed E-state index contributed by atoms with van der Waals surface area (Å²) < 4.78 is 15.5. The van der Waals surface area contributed by atoms with Crippen molar-refractivity contribution in [2.24, 2.45) is 10.7 Å². The van der Waals surface area contributed by atoms with E-state index in [1.807, 2.05) is 18.2 Å². The monoisotopic (exact) mass is 222 g/mol. The third kappa shape index (κ3) is 2.03. The van der Waals surface area contributed by atoms with Crippen LogP contribution in [0.25, 0.3) is 0 Å². The van der Waals surface area contributed by atoms with Gasteiger partial charge in [-0.1, -0.05) is 0 Å². The molecule has 5 heteroatoms. The third-order valence-corrected chi connectivity index (χ3v) is 2.43. The van der Waals surface area contributed by atoms with E-state index in [-0.39, 0.29) is 12.1 Å². The highest BCUT2D eigenvalue weighted by atomic mass is 16.5. The van der Waals surface area contributed by atoms with Gasteiger partial charge < -0.3 is 19.9 Å². The van der Waals surface area contributed by atoms with E-state index in [1.165, 1.54) is 0 Å². The van der Waals surface area contributed by atoms with Crippen molar-refractivity contribution in [1.29, 1.82) is 0 Å². The SMILES string of the molecule is COc1cc(OC)cc(C2COC(N)=N2)c1. The molecule has 0 bridgehead atoms. The highest BCUT2D eigenvalue weighted by Crippen LogP contribution is 2.29. The van der Waals surface area contributed by atoms with Crippen LogP contribution in [0.5, 0.6) is 11.5 Å². The van der Waals surface area contributed by atoms with Crippen molar-refractivity contribution in [3.63, 3.8) is 0 Å². The number of amidine groups is 1. The summed E-state index contributed by atoms with van der Waals surface area (Å²) in [4.78, 5) is 4.17. The van der Waals surface area contributed by atoms with E-state index in [0.717, 1.165) is 17.1 Å². The summed E-state index contributed by atoms with van der Waals surface area (Å²) >= 11 is 0. The molecular formula is C11H14N2O3. The first-order valence-electron chi connectivity index (χ1n) is 4.92. The minimum atomic E-state index is -0.0796. The lowest BCUT2D eigenvalue weighted by Gasteiger charge is -2.10. The van der Waals surface area contributed by atoms with Crippen LogP contribution in [-0.4, -0.2) is 26.8 Å². The second-order valence-corrected chi connectivity index (χ2v) is 3.44. The van der Waals surface area contributed by atoms with Crippen LogP contribution in [0.3, 0.4) is 0 Å². The molecule has 5 nitrogen and oxygen atoms in total. The van der Waals surface area contributed by atoms with Gasteiger partial charge in [0.1, 0.15) is 24.1 Å². The van der Waals surface area contributed by atoms with Crippen LogP contribution in [-0.2, 0) is 4.74 Å². The van der Waals surface area contributed by atoms with Crippen molar-refractivity contribution >= 4 is 6.02 Å². The Labute approximate surface area is 93.8 Å². The van der Waals surface area contributed by atoms with Crippen LogP contribution < -0.4 is 15.2 Å². The van der Waals surface area contributed by atoms with E-state index in [0.29, 0.717) is 6.61 Å². The summed E-state index contributed by atoms with van der Waals surface area (Å²) in [5, 5.41) is 0. The summed E-state index contributed by atoms with van der Waals surface area (Å²) in [6.45, 7) is 0.460. The zero-order chi connectivity index (χ0) is 11.5. The Hall–Kier alpha value is -1.91. The summed E-state index contributed by atoms with van der Waals surface area (Å²) in [7, 11) is 3.22. The van der Waals surface area contributed by atoms with Gasteiger partial charge in [0, 0.05) is 6.07 Å². The molecule has 0 saturated carbocycles. The number of nitrogens with two attached hydrogens (primary N) is 1. The first-order chi connectivity index (χ1) is 7.72. The number of nitrogens with zero attached hydrogens (tertiary/aromatic N) is 1. The number of benzene rings is 1. The van der Waals surface area contributed by atoms with Crippen LogP contribution in [0.15, 0.2) is 23.2 Å². The average Bonchev–Trinajstić information content (AvgIpc) is 2.75. The second-order valence-electron chi connectivity index (χ2n) is 3.44. The fourth-order valence-electron chi connectivity index (χ4n) is 1.59. The van der Waals surface area contributed by atoms with Crippen LogP contribution in [0, 0.1) is 0 Å². The van der Waals surface area contributed by atoms with Crippen LogP contribution in [0.1, 0.15) is 11.6 Å². The van der Waals surface area contributed by atoms with Crippen LogP contribution in [0.4, 0.5) is 0 Å². The molecule has 0 spiro atoms. The molecule has 2 rings (SSSR count).